The molecule has 0 aromatic heterocycles. The molecule has 2 N–H and O–H groups in total. The molecule has 2 unspecified atom stereocenters. The Hall–Kier alpha value is -1.34. The van der Waals surface area contributed by atoms with Gasteiger partial charge in [-0.05, 0) is 32.2 Å². The van der Waals surface area contributed by atoms with Gasteiger partial charge in [0, 0.05) is 70.9 Å². The number of nitrogens with one attached hydrogen (secondary N) is 2. The Labute approximate surface area is 177 Å². The van der Waals surface area contributed by atoms with E-state index in [0.717, 1.165) is 71.0 Å². The fraction of sp³-hybridized carbons (Fsp3) is 0.909. The summed E-state index contributed by atoms with van der Waals surface area (Å²) in [5, 5.41) is 7.13. The Balaban J connectivity index is 1.45. The molecular formula is C22H42N6O. The van der Waals surface area contributed by atoms with Gasteiger partial charge in [0.25, 0.3) is 0 Å². The summed E-state index contributed by atoms with van der Waals surface area (Å²) in [6.07, 6.45) is 5.60. The Kier molecular flexibility index (Phi) is 8.18. The topological polar surface area (TPSA) is 63.2 Å². The molecule has 7 heteroatoms. The van der Waals surface area contributed by atoms with Crippen LogP contribution in [-0.4, -0.2) is 98.6 Å². The van der Waals surface area contributed by atoms with E-state index in [1.165, 1.54) is 12.8 Å². The Morgan fingerprint density at radius 2 is 1.76 bits per heavy atom. The summed E-state index contributed by atoms with van der Waals surface area (Å²) in [7, 11) is 4.04. The molecule has 7 nitrogen and oxygen atoms in total. The fourth-order valence-corrected chi connectivity index (χ4v) is 5.04. The molecule has 2 heterocycles. The van der Waals surface area contributed by atoms with Crippen molar-refractivity contribution in [3.63, 3.8) is 0 Å². The third kappa shape index (κ3) is 6.07. The summed E-state index contributed by atoms with van der Waals surface area (Å²) in [5.74, 6) is 2.12. The number of guanidine groups is 1. The zero-order valence-corrected chi connectivity index (χ0v) is 19.0. The van der Waals surface area contributed by atoms with E-state index in [2.05, 4.69) is 51.2 Å². The first-order chi connectivity index (χ1) is 14.0. The molecule has 1 amide bonds. The lowest BCUT2D eigenvalue weighted by Gasteiger charge is -2.40. The summed E-state index contributed by atoms with van der Waals surface area (Å²) in [6, 6.07) is 0.805. The van der Waals surface area contributed by atoms with E-state index < -0.39 is 0 Å². The van der Waals surface area contributed by atoms with Gasteiger partial charge in [-0.3, -0.25) is 14.7 Å². The molecule has 3 fully saturated rings. The number of amides is 1. The molecule has 1 saturated carbocycles. The monoisotopic (exact) mass is 406 g/mol. The van der Waals surface area contributed by atoms with Crippen LogP contribution in [0.1, 0.15) is 46.0 Å². The number of hydrogen-bond acceptors (Lipinski definition) is 4. The average molecular weight is 407 g/mol. The number of likely N-dealkylation sites (tertiary alicyclic amines) is 1. The molecule has 0 aromatic carbocycles. The van der Waals surface area contributed by atoms with Crippen molar-refractivity contribution in [3.05, 3.63) is 0 Å². The highest BCUT2D eigenvalue weighted by Crippen LogP contribution is 2.27. The van der Waals surface area contributed by atoms with Crippen LogP contribution in [0, 0.1) is 11.8 Å². The maximum absolute atomic E-state index is 12.7. The number of piperazine rings is 1. The maximum Gasteiger partial charge on any atom is 0.225 e. The van der Waals surface area contributed by atoms with E-state index >= 15 is 0 Å². The van der Waals surface area contributed by atoms with Gasteiger partial charge in [0.15, 0.2) is 5.96 Å². The second-order valence-electron chi connectivity index (χ2n) is 9.50. The van der Waals surface area contributed by atoms with Crippen molar-refractivity contribution in [1.29, 1.82) is 0 Å². The lowest BCUT2D eigenvalue weighted by atomic mass is 10.0. The normalized spacial score (nSPS) is 26.3. The minimum atomic E-state index is 0.279. The molecule has 1 aliphatic carbocycles. The average Bonchev–Trinajstić information content (AvgIpc) is 3.40. The SMILES string of the molecule is CN=C(NCC(C(C)C)N1CCN(C)CC1)NC1CCN(C(=O)C2CCCC2)C1. The van der Waals surface area contributed by atoms with E-state index in [-0.39, 0.29) is 5.92 Å². The highest BCUT2D eigenvalue weighted by molar-refractivity contribution is 5.81. The summed E-state index contributed by atoms with van der Waals surface area (Å²) in [5.41, 5.74) is 0. The highest BCUT2D eigenvalue weighted by Gasteiger charge is 2.32. The van der Waals surface area contributed by atoms with Gasteiger partial charge in [-0.15, -0.1) is 0 Å². The first kappa shape index (κ1) is 22.3. The van der Waals surface area contributed by atoms with E-state index in [1.54, 1.807) is 0 Å². The van der Waals surface area contributed by atoms with Crippen LogP contribution in [0.2, 0.25) is 0 Å². The molecule has 3 rings (SSSR count). The van der Waals surface area contributed by atoms with E-state index in [9.17, 15) is 4.79 Å². The summed E-state index contributed by atoms with van der Waals surface area (Å²) in [6.45, 7) is 11.8. The molecule has 166 valence electrons. The van der Waals surface area contributed by atoms with Gasteiger partial charge < -0.3 is 20.4 Å². The van der Waals surface area contributed by atoms with E-state index in [1.807, 2.05) is 7.05 Å². The van der Waals surface area contributed by atoms with Gasteiger partial charge in [-0.1, -0.05) is 26.7 Å². The molecule has 2 saturated heterocycles. The third-order valence-electron chi connectivity index (χ3n) is 7.02. The number of aliphatic imine (C=N–C) groups is 1. The first-order valence-corrected chi connectivity index (χ1v) is 11.7. The second-order valence-corrected chi connectivity index (χ2v) is 9.50. The van der Waals surface area contributed by atoms with Gasteiger partial charge in [-0.2, -0.15) is 0 Å². The van der Waals surface area contributed by atoms with Crippen LogP contribution >= 0.6 is 0 Å². The minimum Gasteiger partial charge on any atom is -0.355 e. The molecule has 3 aliphatic rings. The predicted octanol–water partition coefficient (Wildman–Crippen LogP) is 1.21. The minimum absolute atomic E-state index is 0.279. The molecule has 2 atom stereocenters. The van der Waals surface area contributed by atoms with Crippen molar-refractivity contribution in [2.24, 2.45) is 16.8 Å². The van der Waals surface area contributed by atoms with Crippen LogP contribution in [0.3, 0.4) is 0 Å². The lowest BCUT2D eigenvalue weighted by Crippen LogP contribution is -2.55. The molecule has 0 aromatic rings. The van der Waals surface area contributed by atoms with E-state index in [4.69, 9.17) is 0 Å². The predicted molar refractivity (Wildman–Crippen MR) is 119 cm³/mol. The molecule has 0 spiro atoms. The second kappa shape index (κ2) is 10.6. The Bertz CT molecular complexity index is 552. The number of carbonyl (C=O) groups is 1. The van der Waals surface area contributed by atoms with Crippen molar-refractivity contribution < 1.29 is 4.79 Å². The van der Waals surface area contributed by atoms with Gasteiger partial charge >= 0.3 is 0 Å². The summed E-state index contributed by atoms with van der Waals surface area (Å²) < 4.78 is 0. The molecule has 0 bridgehead atoms. The van der Waals surface area contributed by atoms with Gasteiger partial charge in [0.05, 0.1) is 0 Å². The van der Waals surface area contributed by atoms with E-state index in [0.29, 0.717) is 23.9 Å². The molecule has 2 aliphatic heterocycles. The third-order valence-corrected chi connectivity index (χ3v) is 7.02. The maximum atomic E-state index is 12.7. The highest BCUT2D eigenvalue weighted by atomic mass is 16.2. The van der Waals surface area contributed by atoms with Crippen LogP contribution in [0.15, 0.2) is 4.99 Å². The standard InChI is InChI=1S/C22H42N6O/c1-17(2)20(27-13-11-26(4)12-14-27)15-24-22(23-3)25-19-9-10-28(16-19)21(29)18-7-5-6-8-18/h17-20H,5-16H2,1-4H3,(H2,23,24,25). The molecule has 0 radical (unpaired) electrons. The molecule has 29 heavy (non-hydrogen) atoms. The van der Waals surface area contributed by atoms with Crippen LogP contribution in [0.4, 0.5) is 0 Å². The summed E-state index contributed by atoms with van der Waals surface area (Å²) >= 11 is 0. The quantitative estimate of drug-likeness (QED) is 0.513. The van der Waals surface area contributed by atoms with Gasteiger partial charge in [-0.25, -0.2) is 0 Å². The van der Waals surface area contributed by atoms with Crippen LogP contribution < -0.4 is 10.6 Å². The summed E-state index contributed by atoms with van der Waals surface area (Å²) in [4.78, 5) is 24.2. The lowest BCUT2D eigenvalue weighted by molar-refractivity contribution is -0.134. The number of rotatable bonds is 6. The first-order valence-electron chi connectivity index (χ1n) is 11.7. The Morgan fingerprint density at radius 3 is 2.38 bits per heavy atom. The Morgan fingerprint density at radius 1 is 1.07 bits per heavy atom. The van der Waals surface area contributed by atoms with Gasteiger partial charge in [0.2, 0.25) is 5.91 Å². The largest absolute Gasteiger partial charge is 0.355 e. The number of carbonyl (C=O) groups excluding carboxylic acids is 1. The number of likely N-dealkylation sites (N-methyl/N-ethyl adjacent to an activating group) is 1. The van der Waals surface area contributed by atoms with Crippen molar-refractivity contribution in [2.75, 3.05) is 59.9 Å². The van der Waals surface area contributed by atoms with Crippen molar-refractivity contribution >= 4 is 11.9 Å². The zero-order valence-electron chi connectivity index (χ0n) is 19.0. The fourth-order valence-electron chi connectivity index (χ4n) is 5.04. The van der Waals surface area contributed by atoms with Crippen LogP contribution in [-0.2, 0) is 4.79 Å². The van der Waals surface area contributed by atoms with Crippen LogP contribution in [0.25, 0.3) is 0 Å². The number of nitrogens with zero attached hydrogens (tertiary/aromatic N) is 4. The van der Waals surface area contributed by atoms with Crippen molar-refractivity contribution in [2.45, 2.75) is 58.0 Å². The molecular weight excluding hydrogens is 364 g/mol. The van der Waals surface area contributed by atoms with Crippen molar-refractivity contribution in [3.8, 4) is 0 Å². The van der Waals surface area contributed by atoms with Gasteiger partial charge in [0.1, 0.15) is 0 Å². The van der Waals surface area contributed by atoms with Crippen LogP contribution in [0.5, 0.6) is 0 Å². The number of hydrogen-bond donors (Lipinski definition) is 2. The zero-order chi connectivity index (χ0) is 20.8. The smallest absolute Gasteiger partial charge is 0.225 e. The van der Waals surface area contributed by atoms with Crippen molar-refractivity contribution in [1.82, 2.24) is 25.3 Å².